The molecule has 2 heterocycles. The van der Waals surface area contributed by atoms with E-state index in [0.717, 1.165) is 11.0 Å². The lowest BCUT2D eigenvalue weighted by atomic mass is 10.1. The van der Waals surface area contributed by atoms with Gasteiger partial charge in [0.25, 0.3) is 0 Å². The molecule has 3 rings (SSSR count). The predicted octanol–water partition coefficient (Wildman–Crippen LogP) is 2.56. The number of amides is 3. The second-order valence-corrected chi connectivity index (χ2v) is 8.74. The van der Waals surface area contributed by atoms with Gasteiger partial charge in [-0.1, -0.05) is 25.1 Å². The fraction of sp³-hybridized carbons (Fsp3) is 0.421. The van der Waals surface area contributed by atoms with Crippen LogP contribution in [0.5, 0.6) is 5.75 Å². The third-order valence-electron chi connectivity index (χ3n) is 4.46. The Bertz CT molecular complexity index is 955. The fourth-order valence-corrected chi connectivity index (χ4v) is 4.00. The Hall–Kier alpha value is -2.95. The van der Waals surface area contributed by atoms with E-state index < -0.39 is 44.2 Å². The molecule has 0 spiro atoms. The molecule has 1 fully saturated rings. The van der Waals surface area contributed by atoms with Crippen molar-refractivity contribution in [2.45, 2.75) is 38.6 Å². The van der Waals surface area contributed by atoms with Gasteiger partial charge in [0.1, 0.15) is 18.1 Å². The van der Waals surface area contributed by atoms with Crippen LogP contribution in [0.4, 0.5) is 9.18 Å². The summed E-state index contributed by atoms with van der Waals surface area (Å²) in [5, 5.41) is 4.10. The number of nitrogens with one attached hydrogen (secondary N) is 2. The van der Waals surface area contributed by atoms with E-state index in [2.05, 4.69) is 5.32 Å². The summed E-state index contributed by atoms with van der Waals surface area (Å²) in [6.45, 7) is 2.18. The predicted molar refractivity (Wildman–Crippen MR) is 107 cm³/mol. The number of rotatable bonds is 9. The van der Waals surface area contributed by atoms with Crippen LogP contribution in [0.2, 0.25) is 0 Å². The second kappa shape index (κ2) is 9.68. The summed E-state index contributed by atoms with van der Waals surface area (Å²) in [5.41, 5.74) is -2.11. The minimum Gasteiger partial charge on any atom is -0.469 e. The zero-order valence-electron chi connectivity index (χ0n) is 17.4. The van der Waals surface area contributed by atoms with E-state index in [1.165, 1.54) is 26.0 Å². The van der Waals surface area contributed by atoms with E-state index in [9.17, 15) is 18.9 Å². The van der Waals surface area contributed by atoms with Gasteiger partial charge in [0.2, 0.25) is 12.1 Å². The lowest BCUT2D eigenvalue weighted by Crippen LogP contribution is -2.57. The number of alkyl halides is 1. The van der Waals surface area contributed by atoms with Crippen molar-refractivity contribution in [2.75, 3.05) is 13.2 Å². The molecule has 2 aliphatic rings. The first-order valence-corrected chi connectivity index (χ1v) is 11.3. The molecular formula is C19H23FN3O8P. The largest absolute Gasteiger partial charge is 0.491 e. The quantitative estimate of drug-likeness (QED) is 0.412. The van der Waals surface area contributed by atoms with Gasteiger partial charge in [-0.25, -0.2) is 13.8 Å². The lowest BCUT2D eigenvalue weighted by molar-refractivity contribution is -0.147. The molecule has 3 atom stereocenters. The molecule has 2 N–H and O–H groups in total. The third-order valence-corrected chi connectivity index (χ3v) is 5.70. The molecular weight excluding hydrogens is 448 g/mol. The number of hydrogen-bond acceptors (Lipinski definition) is 8. The van der Waals surface area contributed by atoms with Crippen LogP contribution in [0.25, 0.3) is 0 Å². The molecule has 1 unspecified atom stereocenters. The summed E-state index contributed by atoms with van der Waals surface area (Å²) < 4.78 is 44.3. The first kappa shape index (κ1) is 23.7. The lowest BCUT2D eigenvalue weighted by Gasteiger charge is -2.35. The molecule has 0 bridgehead atoms. The van der Waals surface area contributed by atoms with E-state index >= 15 is 4.39 Å². The van der Waals surface area contributed by atoms with E-state index in [-0.39, 0.29) is 30.9 Å². The van der Waals surface area contributed by atoms with E-state index in [1.54, 1.807) is 18.2 Å². The minimum atomic E-state index is -4.25. The Kier molecular flexibility index (Phi) is 7.17. The topological polar surface area (TPSA) is 132 Å². The molecule has 0 aliphatic carbocycles. The van der Waals surface area contributed by atoms with E-state index in [1.807, 2.05) is 5.25 Å². The smallest absolute Gasteiger partial charge is 0.469 e. The first-order chi connectivity index (χ1) is 15.1. The molecule has 1 aromatic rings. The maximum absolute atomic E-state index is 15.1. The summed E-state index contributed by atoms with van der Waals surface area (Å²) in [6.07, 6.45) is -0.267. The summed E-state index contributed by atoms with van der Waals surface area (Å²) in [5.74, 6) is -1.07. The molecule has 13 heteroatoms. The molecule has 32 heavy (non-hydrogen) atoms. The number of halogens is 1. The summed E-state index contributed by atoms with van der Waals surface area (Å²) >= 11 is 0. The van der Waals surface area contributed by atoms with Crippen molar-refractivity contribution in [1.82, 2.24) is 15.5 Å². The molecule has 1 saturated heterocycles. The van der Waals surface area contributed by atoms with Crippen LogP contribution in [-0.4, -0.2) is 47.9 Å². The molecule has 0 saturated carbocycles. The Morgan fingerprint density at radius 2 is 2.09 bits per heavy atom. The highest BCUT2D eigenvalue weighted by molar-refractivity contribution is 7.51. The molecule has 0 radical (unpaired) electrons. The van der Waals surface area contributed by atoms with Gasteiger partial charge in [-0.05, 0) is 30.4 Å². The molecule has 11 nitrogen and oxygen atoms in total. The number of benzene rings is 1. The van der Waals surface area contributed by atoms with E-state index in [0.29, 0.717) is 0 Å². The minimum absolute atomic E-state index is 0.000344. The normalized spacial score (nSPS) is 24.8. The monoisotopic (exact) mass is 471 g/mol. The molecule has 3 amide bonds. The maximum atomic E-state index is 15.1. The van der Waals surface area contributed by atoms with Gasteiger partial charge in [-0.2, -0.15) is 0 Å². The van der Waals surface area contributed by atoms with E-state index in [4.69, 9.17) is 18.6 Å². The number of ether oxygens (including phenoxy) is 1. The first-order valence-electron chi connectivity index (χ1n) is 9.76. The van der Waals surface area contributed by atoms with Crippen LogP contribution >= 0.6 is 7.75 Å². The summed E-state index contributed by atoms with van der Waals surface area (Å²) in [7, 11) is -4.25. The van der Waals surface area contributed by atoms with Gasteiger partial charge in [-0.15, -0.1) is 0 Å². The van der Waals surface area contributed by atoms with Gasteiger partial charge < -0.3 is 14.1 Å². The summed E-state index contributed by atoms with van der Waals surface area (Å²) in [6, 6.07) is 7.22. The average Bonchev–Trinajstić information content (AvgIpc) is 3.05. The molecule has 174 valence electrons. The number of carbonyl (C=O) groups excluding carboxylic acids is 3. The van der Waals surface area contributed by atoms with Gasteiger partial charge in [-0.3, -0.25) is 24.3 Å². The highest BCUT2D eigenvalue weighted by Crippen LogP contribution is 2.45. The summed E-state index contributed by atoms with van der Waals surface area (Å²) in [4.78, 5) is 40.6. The Labute approximate surface area is 183 Å². The van der Waals surface area contributed by atoms with Crippen LogP contribution in [-0.2, 0) is 28.3 Å². The Balaban J connectivity index is 1.68. The van der Waals surface area contributed by atoms with Crippen molar-refractivity contribution in [3.8, 4) is 5.75 Å². The highest BCUT2D eigenvalue weighted by Gasteiger charge is 2.48. The van der Waals surface area contributed by atoms with Crippen LogP contribution in [0.3, 0.4) is 0 Å². The van der Waals surface area contributed by atoms with Crippen LogP contribution in [0, 0.1) is 0 Å². The number of nitrogens with zero attached hydrogens (tertiary/aromatic N) is 1. The van der Waals surface area contributed by atoms with Gasteiger partial charge in [0.05, 0.1) is 0 Å². The number of hydrogen-bond donors (Lipinski definition) is 2. The van der Waals surface area contributed by atoms with Crippen molar-refractivity contribution in [3.63, 3.8) is 0 Å². The van der Waals surface area contributed by atoms with Gasteiger partial charge >= 0.3 is 19.7 Å². The Morgan fingerprint density at radius 3 is 2.75 bits per heavy atom. The number of urea groups is 1. The SMILES string of the molecule is CCC(=O)ONP(=O)(OCC1=C[C@@](C)(F)[C@H](N2CCC(=O)NC2=O)O1)Oc1ccccc1. The highest BCUT2D eigenvalue weighted by atomic mass is 31.2. The number of carbonyl (C=O) groups is 3. The zero-order chi connectivity index (χ0) is 23.4. The molecule has 0 aromatic heterocycles. The number of para-hydroxylation sites is 1. The standard InChI is InChI=1S/C19H23FN3O8P/c1-3-16(25)30-22-32(27,31-13-7-5-4-6-8-13)28-12-14-11-19(2,20)17(29-14)23-10-9-15(24)21-18(23)26/h4-8,11,17H,3,9-10,12H2,1-2H3,(H,22,27)(H,21,24,26)/t17-,19-,32?/m1/s1. The van der Waals surface area contributed by atoms with Gasteiger partial charge in [0.15, 0.2) is 5.67 Å². The number of imide groups is 1. The molecule has 2 aliphatic heterocycles. The van der Waals surface area contributed by atoms with Crippen molar-refractivity contribution in [3.05, 3.63) is 42.2 Å². The average molecular weight is 471 g/mol. The second-order valence-electron chi connectivity index (χ2n) is 7.12. The van der Waals surface area contributed by atoms with Gasteiger partial charge in [0, 0.05) is 19.4 Å². The molecule has 1 aromatic carbocycles. The van der Waals surface area contributed by atoms with Crippen molar-refractivity contribution in [1.29, 1.82) is 0 Å². The van der Waals surface area contributed by atoms with Crippen molar-refractivity contribution in [2.24, 2.45) is 0 Å². The Morgan fingerprint density at radius 1 is 1.38 bits per heavy atom. The van der Waals surface area contributed by atoms with Crippen molar-refractivity contribution >= 4 is 25.7 Å². The fourth-order valence-electron chi connectivity index (χ4n) is 2.94. The van der Waals surface area contributed by atoms with Crippen LogP contribution < -0.4 is 15.1 Å². The van der Waals surface area contributed by atoms with Crippen molar-refractivity contribution < 1.29 is 42.0 Å². The maximum Gasteiger partial charge on any atom is 0.491 e. The third kappa shape index (κ3) is 5.84. The zero-order valence-corrected chi connectivity index (χ0v) is 18.3. The van der Waals surface area contributed by atoms with Crippen LogP contribution in [0.1, 0.15) is 26.7 Å². The van der Waals surface area contributed by atoms with Crippen LogP contribution in [0.15, 0.2) is 42.2 Å².